The summed E-state index contributed by atoms with van der Waals surface area (Å²) < 4.78 is 17.4. The first-order valence-corrected chi connectivity index (χ1v) is 9.68. The highest BCUT2D eigenvalue weighted by atomic mass is 16.7. The van der Waals surface area contributed by atoms with Gasteiger partial charge in [0.25, 0.3) is 0 Å². The Bertz CT molecular complexity index is 711. The Morgan fingerprint density at radius 1 is 1.18 bits per heavy atom. The minimum atomic E-state index is -1.07. The van der Waals surface area contributed by atoms with Crippen LogP contribution in [0, 0.1) is 0 Å². The normalized spacial score (nSPS) is 24.1. The molecule has 1 amide bonds. The van der Waals surface area contributed by atoms with Crippen LogP contribution in [0.4, 0.5) is 0 Å². The number of carboxylic acids is 1. The summed E-state index contributed by atoms with van der Waals surface area (Å²) in [6, 6.07) is 6.43. The minimum absolute atomic E-state index is 0.192. The molecule has 0 saturated carbocycles. The molecule has 2 saturated heterocycles. The molecule has 0 aromatic heterocycles. The van der Waals surface area contributed by atoms with E-state index in [9.17, 15) is 14.7 Å². The highest BCUT2D eigenvalue weighted by molar-refractivity contribution is 6.62. The molecular formula is C20H28BNO6. The van der Waals surface area contributed by atoms with Crippen molar-refractivity contribution in [3.8, 4) is 0 Å². The molecule has 1 aromatic carbocycles. The van der Waals surface area contributed by atoms with Gasteiger partial charge in [-0.3, -0.25) is 4.79 Å². The lowest BCUT2D eigenvalue weighted by molar-refractivity contribution is -0.143. The number of nitrogens with one attached hydrogen (secondary N) is 1. The van der Waals surface area contributed by atoms with Gasteiger partial charge in [0.05, 0.1) is 11.2 Å². The predicted octanol–water partition coefficient (Wildman–Crippen LogP) is 1.28. The third-order valence-corrected chi connectivity index (χ3v) is 5.78. The second-order valence-corrected chi connectivity index (χ2v) is 8.44. The summed E-state index contributed by atoms with van der Waals surface area (Å²) in [4.78, 5) is 23.7. The molecule has 2 aliphatic rings. The van der Waals surface area contributed by atoms with Crippen LogP contribution in [0.3, 0.4) is 0 Å². The van der Waals surface area contributed by atoms with Crippen LogP contribution in [0.15, 0.2) is 24.3 Å². The van der Waals surface area contributed by atoms with E-state index in [1.807, 2.05) is 52.0 Å². The zero-order valence-corrected chi connectivity index (χ0v) is 16.9. The highest BCUT2D eigenvalue weighted by Crippen LogP contribution is 2.36. The van der Waals surface area contributed by atoms with Crippen LogP contribution in [0.2, 0.25) is 0 Å². The van der Waals surface area contributed by atoms with Gasteiger partial charge in [-0.25, -0.2) is 4.79 Å². The number of ether oxygens (including phenoxy) is 1. The van der Waals surface area contributed by atoms with Crippen molar-refractivity contribution < 1.29 is 28.7 Å². The first-order valence-electron chi connectivity index (χ1n) is 9.68. The van der Waals surface area contributed by atoms with Crippen LogP contribution >= 0.6 is 0 Å². The molecule has 0 spiro atoms. The molecule has 0 aliphatic carbocycles. The Labute approximate surface area is 165 Å². The topological polar surface area (TPSA) is 94.1 Å². The lowest BCUT2D eigenvalue weighted by Crippen LogP contribution is -2.46. The largest absolute Gasteiger partial charge is 0.494 e. The van der Waals surface area contributed by atoms with Gasteiger partial charge < -0.3 is 24.5 Å². The second-order valence-electron chi connectivity index (χ2n) is 8.44. The van der Waals surface area contributed by atoms with E-state index in [1.165, 1.54) is 0 Å². The number of aliphatic carboxylic acids is 1. The van der Waals surface area contributed by atoms with Crippen molar-refractivity contribution in [1.82, 2.24) is 5.32 Å². The fourth-order valence-corrected chi connectivity index (χ4v) is 3.27. The van der Waals surface area contributed by atoms with E-state index in [4.69, 9.17) is 14.0 Å². The molecule has 3 rings (SSSR count). The fourth-order valence-electron chi connectivity index (χ4n) is 3.27. The van der Waals surface area contributed by atoms with Gasteiger partial charge in [-0.2, -0.15) is 0 Å². The number of carbonyl (C=O) groups is 2. The van der Waals surface area contributed by atoms with Crippen LogP contribution < -0.4 is 10.8 Å². The first-order chi connectivity index (χ1) is 13.1. The van der Waals surface area contributed by atoms with Gasteiger partial charge in [0.2, 0.25) is 5.91 Å². The number of hydrogen-bond donors (Lipinski definition) is 2. The number of carboxylic acid groups (broad SMARTS) is 1. The average molecular weight is 389 g/mol. The second kappa shape index (κ2) is 7.85. The third kappa shape index (κ3) is 4.40. The number of amides is 1. The highest BCUT2D eigenvalue weighted by Gasteiger charge is 2.51. The van der Waals surface area contributed by atoms with E-state index < -0.39 is 36.4 Å². The van der Waals surface area contributed by atoms with Gasteiger partial charge in [-0.05, 0) is 51.6 Å². The Morgan fingerprint density at radius 3 is 2.29 bits per heavy atom. The van der Waals surface area contributed by atoms with Gasteiger partial charge in [-0.1, -0.05) is 24.3 Å². The number of hydrogen-bond acceptors (Lipinski definition) is 5. The monoisotopic (exact) mass is 389 g/mol. The van der Waals surface area contributed by atoms with E-state index in [0.717, 1.165) is 17.4 Å². The maximum Gasteiger partial charge on any atom is 0.494 e. The molecule has 0 bridgehead atoms. The molecule has 7 nitrogen and oxygen atoms in total. The summed E-state index contributed by atoms with van der Waals surface area (Å²) in [5.41, 5.74) is 0.840. The summed E-state index contributed by atoms with van der Waals surface area (Å²) in [5.74, 6) is -1.43. The van der Waals surface area contributed by atoms with Gasteiger partial charge in [0.1, 0.15) is 12.1 Å². The minimum Gasteiger partial charge on any atom is -0.480 e. The quantitative estimate of drug-likeness (QED) is 0.712. The van der Waals surface area contributed by atoms with Gasteiger partial charge in [0, 0.05) is 13.0 Å². The van der Waals surface area contributed by atoms with E-state index >= 15 is 0 Å². The van der Waals surface area contributed by atoms with Crippen LogP contribution in [0.25, 0.3) is 0 Å². The number of rotatable bonds is 6. The van der Waals surface area contributed by atoms with Crippen molar-refractivity contribution in [2.75, 3.05) is 6.61 Å². The molecule has 152 valence electrons. The van der Waals surface area contributed by atoms with Crippen molar-refractivity contribution in [2.45, 2.75) is 70.3 Å². The summed E-state index contributed by atoms with van der Waals surface area (Å²) in [6.45, 7) is 8.52. The molecule has 2 N–H and O–H groups in total. The number of carbonyl (C=O) groups excluding carboxylic acids is 1. The van der Waals surface area contributed by atoms with Crippen LogP contribution in [0.5, 0.6) is 0 Å². The Balaban J connectivity index is 1.63. The Morgan fingerprint density at radius 2 is 1.79 bits per heavy atom. The zero-order chi connectivity index (χ0) is 20.5. The van der Waals surface area contributed by atoms with Crippen molar-refractivity contribution in [3.63, 3.8) is 0 Å². The van der Waals surface area contributed by atoms with Gasteiger partial charge in [0.15, 0.2) is 0 Å². The molecular weight excluding hydrogens is 361 g/mol. The van der Waals surface area contributed by atoms with E-state index in [1.54, 1.807) is 0 Å². The molecule has 0 radical (unpaired) electrons. The fraction of sp³-hybridized carbons (Fsp3) is 0.600. The lowest BCUT2D eigenvalue weighted by atomic mass is 9.78. The van der Waals surface area contributed by atoms with Crippen LogP contribution in [-0.4, -0.2) is 54.1 Å². The summed E-state index contributed by atoms with van der Waals surface area (Å²) in [5, 5.41) is 12.1. The van der Waals surface area contributed by atoms with Crippen LogP contribution in [0.1, 0.15) is 46.1 Å². The van der Waals surface area contributed by atoms with Crippen molar-refractivity contribution in [2.24, 2.45) is 0 Å². The van der Waals surface area contributed by atoms with E-state index in [2.05, 4.69) is 5.32 Å². The molecule has 2 atom stereocenters. The van der Waals surface area contributed by atoms with Crippen LogP contribution in [-0.2, 0) is 30.1 Å². The van der Waals surface area contributed by atoms with E-state index in [-0.39, 0.29) is 12.3 Å². The zero-order valence-electron chi connectivity index (χ0n) is 16.9. The Kier molecular flexibility index (Phi) is 5.84. The Hall–Kier alpha value is -1.90. The van der Waals surface area contributed by atoms with Crippen molar-refractivity contribution in [1.29, 1.82) is 0 Å². The SMILES string of the molecule is CC1(C)OB(c2ccc(C[C@@H](NC(=O)[C@@H]3CCCO3)C(=O)O)cc2)OC1(C)C. The van der Waals surface area contributed by atoms with E-state index in [0.29, 0.717) is 13.0 Å². The molecule has 28 heavy (non-hydrogen) atoms. The van der Waals surface area contributed by atoms with Gasteiger partial charge >= 0.3 is 13.1 Å². The molecule has 2 fully saturated rings. The smallest absolute Gasteiger partial charge is 0.480 e. The molecule has 0 unspecified atom stereocenters. The summed E-state index contributed by atoms with van der Waals surface area (Å²) >= 11 is 0. The average Bonchev–Trinajstić information content (AvgIpc) is 3.21. The summed E-state index contributed by atoms with van der Waals surface area (Å²) in [6.07, 6.45) is 1.09. The summed E-state index contributed by atoms with van der Waals surface area (Å²) in [7, 11) is -0.464. The van der Waals surface area contributed by atoms with Gasteiger partial charge in [-0.15, -0.1) is 0 Å². The van der Waals surface area contributed by atoms with Crippen molar-refractivity contribution >= 4 is 24.5 Å². The number of benzene rings is 1. The standard InChI is InChI=1S/C20H28BNO6/c1-19(2)20(3,4)28-21(27-19)14-9-7-13(8-10-14)12-15(18(24)25)22-17(23)16-6-5-11-26-16/h7-10,15-16H,5-6,11-12H2,1-4H3,(H,22,23)(H,24,25)/t15-,16+/m1/s1. The van der Waals surface area contributed by atoms with Crippen molar-refractivity contribution in [3.05, 3.63) is 29.8 Å². The first kappa shape index (κ1) is 20.8. The molecule has 2 aliphatic heterocycles. The molecule has 8 heteroatoms. The maximum absolute atomic E-state index is 12.2. The predicted molar refractivity (Wildman–Crippen MR) is 104 cm³/mol. The maximum atomic E-state index is 12.2. The molecule has 2 heterocycles. The molecule has 1 aromatic rings. The lowest BCUT2D eigenvalue weighted by Gasteiger charge is -2.32. The third-order valence-electron chi connectivity index (χ3n) is 5.78.